The van der Waals surface area contributed by atoms with E-state index in [2.05, 4.69) is 5.32 Å². The lowest BCUT2D eigenvalue weighted by Crippen LogP contribution is -2.61. The van der Waals surface area contributed by atoms with Gasteiger partial charge in [-0.25, -0.2) is 0 Å². The van der Waals surface area contributed by atoms with Gasteiger partial charge < -0.3 is 16.2 Å². The average molecular weight is 156 g/mol. The predicted octanol–water partition coefficient (Wildman–Crippen LogP) is -0.552. The van der Waals surface area contributed by atoms with Crippen LogP contribution in [0.4, 0.5) is 0 Å². The average Bonchev–Trinajstić information content (AvgIpc) is 2.06. The molecule has 3 fully saturated rings. The summed E-state index contributed by atoms with van der Waals surface area (Å²) in [5.74, 6) is 0.400. The monoisotopic (exact) mass is 156 g/mol. The predicted molar refractivity (Wildman–Crippen MR) is 43.1 cm³/mol. The van der Waals surface area contributed by atoms with Gasteiger partial charge in [0.2, 0.25) is 0 Å². The highest BCUT2D eigenvalue weighted by molar-refractivity contribution is 5.01. The Bertz CT molecular complexity index is 154. The third-order valence-corrected chi connectivity index (χ3v) is 3.23. The molecule has 0 radical (unpaired) electrons. The second-order valence-corrected chi connectivity index (χ2v) is 3.89. The molecule has 0 aromatic carbocycles. The second-order valence-electron chi connectivity index (χ2n) is 3.89. The third-order valence-electron chi connectivity index (χ3n) is 3.23. The molecule has 3 atom stereocenters. The maximum atomic E-state index is 10.0. The van der Waals surface area contributed by atoms with Gasteiger partial charge in [-0.2, -0.15) is 0 Å². The number of piperidine rings is 2. The number of fused-ring (bicyclic) bond motifs is 3. The van der Waals surface area contributed by atoms with Crippen molar-refractivity contribution in [3.05, 3.63) is 0 Å². The van der Waals surface area contributed by atoms with Gasteiger partial charge in [0.1, 0.15) is 0 Å². The first-order valence-corrected chi connectivity index (χ1v) is 4.40. The molecule has 2 aliphatic heterocycles. The maximum Gasteiger partial charge on any atom is 0.0824 e. The molecule has 3 aliphatic rings. The molecule has 11 heavy (non-hydrogen) atoms. The first kappa shape index (κ1) is 7.53. The number of nitrogens with one attached hydrogen (secondary N) is 1. The van der Waals surface area contributed by atoms with Crippen molar-refractivity contribution < 1.29 is 5.11 Å². The van der Waals surface area contributed by atoms with Crippen LogP contribution in [0.5, 0.6) is 0 Å². The minimum atomic E-state index is -0.547. The molecule has 0 aromatic heterocycles. The standard InChI is InChI=1S/C8H16N2O/c9-5-8(11)3-7-2-1-6(8)4-10-7/h6-7,10-11H,1-5,9H2. The molecule has 0 aromatic rings. The maximum absolute atomic E-state index is 10.0. The van der Waals surface area contributed by atoms with E-state index in [0.717, 1.165) is 19.4 Å². The van der Waals surface area contributed by atoms with Crippen molar-refractivity contribution in [1.82, 2.24) is 5.32 Å². The molecule has 3 nitrogen and oxygen atoms in total. The first-order valence-electron chi connectivity index (χ1n) is 4.40. The fourth-order valence-electron chi connectivity index (χ4n) is 2.39. The molecule has 1 saturated carbocycles. The Balaban J connectivity index is 2.13. The smallest absolute Gasteiger partial charge is 0.0824 e. The first-order chi connectivity index (χ1) is 5.24. The minimum Gasteiger partial charge on any atom is -0.388 e. The van der Waals surface area contributed by atoms with Crippen LogP contribution >= 0.6 is 0 Å². The summed E-state index contributed by atoms with van der Waals surface area (Å²) in [4.78, 5) is 0. The Kier molecular flexibility index (Phi) is 1.67. The van der Waals surface area contributed by atoms with Crippen molar-refractivity contribution in [2.75, 3.05) is 13.1 Å². The SMILES string of the molecule is NCC1(O)CC2CCC1CN2. The Morgan fingerprint density at radius 3 is 2.64 bits per heavy atom. The fourth-order valence-corrected chi connectivity index (χ4v) is 2.39. The minimum absolute atomic E-state index is 0.400. The van der Waals surface area contributed by atoms with Crippen molar-refractivity contribution in [3.63, 3.8) is 0 Å². The third kappa shape index (κ3) is 1.08. The highest BCUT2D eigenvalue weighted by atomic mass is 16.3. The van der Waals surface area contributed by atoms with Gasteiger partial charge in [0.05, 0.1) is 5.60 Å². The van der Waals surface area contributed by atoms with Crippen LogP contribution in [0.15, 0.2) is 0 Å². The van der Waals surface area contributed by atoms with Crippen LogP contribution < -0.4 is 11.1 Å². The lowest BCUT2D eigenvalue weighted by Gasteiger charge is -2.48. The molecule has 4 N–H and O–H groups in total. The van der Waals surface area contributed by atoms with E-state index in [9.17, 15) is 5.11 Å². The van der Waals surface area contributed by atoms with Crippen molar-refractivity contribution in [2.45, 2.75) is 30.9 Å². The summed E-state index contributed by atoms with van der Waals surface area (Å²) in [7, 11) is 0. The Hall–Kier alpha value is -0.120. The summed E-state index contributed by atoms with van der Waals surface area (Å²) in [5, 5.41) is 13.4. The number of nitrogens with two attached hydrogens (primary N) is 1. The topological polar surface area (TPSA) is 58.3 Å². The molecule has 2 bridgehead atoms. The molecular formula is C8H16N2O. The van der Waals surface area contributed by atoms with Gasteiger partial charge >= 0.3 is 0 Å². The van der Waals surface area contributed by atoms with E-state index >= 15 is 0 Å². The lowest BCUT2D eigenvalue weighted by molar-refractivity contribution is -0.0735. The van der Waals surface area contributed by atoms with Gasteiger partial charge in [0, 0.05) is 25.0 Å². The lowest BCUT2D eigenvalue weighted by atomic mass is 9.70. The number of aliphatic hydroxyl groups is 1. The van der Waals surface area contributed by atoms with Crippen LogP contribution in [-0.2, 0) is 0 Å². The molecule has 0 amide bonds. The van der Waals surface area contributed by atoms with Gasteiger partial charge in [0.15, 0.2) is 0 Å². The molecule has 3 heteroatoms. The van der Waals surface area contributed by atoms with E-state index in [4.69, 9.17) is 5.73 Å². The quantitative estimate of drug-likeness (QED) is 0.477. The molecule has 0 spiro atoms. The van der Waals surface area contributed by atoms with Crippen molar-refractivity contribution >= 4 is 0 Å². The van der Waals surface area contributed by atoms with Crippen molar-refractivity contribution in [3.8, 4) is 0 Å². The zero-order chi connectivity index (χ0) is 7.90. The van der Waals surface area contributed by atoms with E-state index in [1.54, 1.807) is 0 Å². The summed E-state index contributed by atoms with van der Waals surface area (Å²) in [5.41, 5.74) is 5.00. The molecule has 64 valence electrons. The van der Waals surface area contributed by atoms with E-state index in [1.165, 1.54) is 6.42 Å². The van der Waals surface area contributed by atoms with E-state index in [-0.39, 0.29) is 0 Å². The summed E-state index contributed by atoms with van der Waals surface area (Å²) in [6, 6.07) is 0.522. The van der Waals surface area contributed by atoms with Gasteiger partial charge in [0.25, 0.3) is 0 Å². The molecule has 2 heterocycles. The second kappa shape index (κ2) is 2.44. The summed E-state index contributed by atoms with van der Waals surface area (Å²) in [6.45, 7) is 1.38. The van der Waals surface area contributed by atoms with Gasteiger partial charge in [-0.1, -0.05) is 0 Å². The van der Waals surface area contributed by atoms with Gasteiger partial charge in [-0.15, -0.1) is 0 Å². The van der Waals surface area contributed by atoms with E-state index < -0.39 is 5.60 Å². The van der Waals surface area contributed by atoms with Gasteiger partial charge in [-0.3, -0.25) is 0 Å². The summed E-state index contributed by atoms with van der Waals surface area (Å²) >= 11 is 0. The van der Waals surface area contributed by atoms with Crippen LogP contribution in [0.2, 0.25) is 0 Å². The fraction of sp³-hybridized carbons (Fsp3) is 1.00. The molecular weight excluding hydrogens is 140 g/mol. The van der Waals surface area contributed by atoms with Crippen molar-refractivity contribution in [1.29, 1.82) is 0 Å². The molecule has 3 rings (SSSR count). The number of rotatable bonds is 1. The molecule has 3 unspecified atom stereocenters. The molecule has 1 aliphatic carbocycles. The Morgan fingerprint density at radius 2 is 2.36 bits per heavy atom. The summed E-state index contributed by atoms with van der Waals surface area (Å²) in [6.07, 6.45) is 3.21. The number of hydrogen-bond acceptors (Lipinski definition) is 3. The van der Waals surface area contributed by atoms with E-state index in [1.807, 2.05) is 0 Å². The zero-order valence-electron chi connectivity index (χ0n) is 6.71. The van der Waals surface area contributed by atoms with Crippen molar-refractivity contribution in [2.24, 2.45) is 11.7 Å². The Labute approximate surface area is 67.0 Å². The zero-order valence-corrected chi connectivity index (χ0v) is 6.71. The van der Waals surface area contributed by atoms with Gasteiger partial charge in [-0.05, 0) is 19.3 Å². The van der Waals surface area contributed by atoms with E-state index in [0.29, 0.717) is 18.5 Å². The van der Waals surface area contributed by atoms with Crippen LogP contribution in [0.3, 0.4) is 0 Å². The highest BCUT2D eigenvalue weighted by Crippen LogP contribution is 2.36. The summed E-state index contributed by atoms with van der Waals surface area (Å²) < 4.78 is 0. The number of hydrogen-bond donors (Lipinski definition) is 3. The van der Waals surface area contributed by atoms with Crippen LogP contribution in [0, 0.1) is 5.92 Å². The Morgan fingerprint density at radius 1 is 1.55 bits per heavy atom. The van der Waals surface area contributed by atoms with Crippen LogP contribution in [-0.4, -0.2) is 29.8 Å². The molecule has 2 saturated heterocycles. The van der Waals surface area contributed by atoms with Crippen LogP contribution in [0.25, 0.3) is 0 Å². The largest absolute Gasteiger partial charge is 0.388 e. The highest BCUT2D eigenvalue weighted by Gasteiger charge is 2.44. The van der Waals surface area contributed by atoms with Crippen LogP contribution in [0.1, 0.15) is 19.3 Å². The normalized spacial score (nSPS) is 49.6.